The molecule has 0 radical (unpaired) electrons. The van der Waals surface area contributed by atoms with Gasteiger partial charge in [0, 0.05) is 11.5 Å². The molecular formula is C11H7NO4. The zero-order chi connectivity index (χ0) is 11.1. The molecule has 2 aromatic heterocycles. The molecule has 0 atom stereocenters. The first-order chi connectivity index (χ1) is 7.78. The van der Waals surface area contributed by atoms with Gasteiger partial charge in [0.25, 0.3) is 0 Å². The minimum absolute atomic E-state index is 0.294. The lowest BCUT2D eigenvalue weighted by molar-refractivity contribution is 0.0595. The monoisotopic (exact) mass is 217 g/mol. The van der Waals surface area contributed by atoms with Gasteiger partial charge in [0.15, 0.2) is 11.8 Å². The maximum Gasteiger partial charge on any atom is 0.356 e. The number of nitrogens with zero attached hydrogens (tertiary/aromatic N) is 1. The van der Waals surface area contributed by atoms with Gasteiger partial charge in [0.05, 0.1) is 18.0 Å². The van der Waals surface area contributed by atoms with Crippen LogP contribution >= 0.6 is 0 Å². The maximum atomic E-state index is 11.3. The predicted octanol–water partition coefficient (Wildman–Crippen LogP) is 2.36. The van der Waals surface area contributed by atoms with Crippen LogP contribution in [0.5, 0.6) is 0 Å². The van der Waals surface area contributed by atoms with Crippen molar-refractivity contribution in [3.05, 3.63) is 30.2 Å². The molecule has 80 valence electrons. The molecule has 5 nitrogen and oxygen atoms in total. The lowest BCUT2D eigenvalue weighted by atomic mass is 10.2. The Morgan fingerprint density at radius 1 is 1.31 bits per heavy atom. The van der Waals surface area contributed by atoms with Crippen LogP contribution in [0.3, 0.4) is 0 Å². The quantitative estimate of drug-likeness (QED) is 0.462. The van der Waals surface area contributed by atoms with Crippen molar-refractivity contribution < 1.29 is 18.7 Å². The summed E-state index contributed by atoms with van der Waals surface area (Å²) in [6.45, 7) is 0. The zero-order valence-corrected chi connectivity index (χ0v) is 8.39. The van der Waals surface area contributed by atoms with E-state index in [1.165, 1.54) is 13.4 Å². The van der Waals surface area contributed by atoms with Crippen LogP contribution in [0.1, 0.15) is 10.5 Å². The van der Waals surface area contributed by atoms with Gasteiger partial charge in [-0.15, -0.1) is 0 Å². The van der Waals surface area contributed by atoms with Gasteiger partial charge in [-0.25, -0.2) is 9.78 Å². The van der Waals surface area contributed by atoms with Gasteiger partial charge in [0.2, 0.25) is 0 Å². The third-order valence-corrected chi connectivity index (χ3v) is 2.40. The average molecular weight is 217 g/mol. The summed E-state index contributed by atoms with van der Waals surface area (Å²) < 4.78 is 14.2. The van der Waals surface area contributed by atoms with E-state index >= 15 is 0 Å². The van der Waals surface area contributed by atoms with Crippen LogP contribution in [0.25, 0.3) is 21.9 Å². The van der Waals surface area contributed by atoms with E-state index in [-0.39, 0.29) is 0 Å². The number of hydrogen-bond acceptors (Lipinski definition) is 5. The number of fused-ring (bicyclic) bond motifs is 2. The van der Waals surface area contributed by atoms with Gasteiger partial charge in [-0.1, -0.05) is 0 Å². The van der Waals surface area contributed by atoms with E-state index in [1.807, 2.05) is 6.07 Å². The van der Waals surface area contributed by atoms with Crippen LogP contribution in [-0.4, -0.2) is 18.1 Å². The highest BCUT2D eigenvalue weighted by atomic mass is 17.0. The molecule has 0 N–H and O–H groups in total. The Morgan fingerprint density at radius 3 is 3.00 bits per heavy atom. The van der Waals surface area contributed by atoms with Crippen molar-refractivity contribution in [2.45, 2.75) is 0 Å². The number of esters is 1. The minimum atomic E-state index is -0.447. The molecule has 0 spiro atoms. The Labute approximate surface area is 89.5 Å². The smallest absolute Gasteiger partial charge is 0.356 e. The van der Waals surface area contributed by atoms with Crippen molar-refractivity contribution in [3.8, 4) is 0 Å². The molecule has 0 aliphatic heterocycles. The second-order valence-corrected chi connectivity index (χ2v) is 3.38. The standard InChI is InChI=1S/C11H7NO4/c1-14-11(13)9-3-6-2-7-5-15-16-10(7)4-8(6)12-9/h2-5H,1H3. The molecule has 0 fully saturated rings. The van der Waals surface area contributed by atoms with E-state index in [2.05, 4.69) is 9.72 Å². The van der Waals surface area contributed by atoms with Crippen LogP contribution in [0.15, 0.2) is 33.6 Å². The van der Waals surface area contributed by atoms with Crippen molar-refractivity contribution >= 4 is 27.8 Å². The number of carbonyl (C=O) groups is 1. The Hall–Kier alpha value is -2.30. The van der Waals surface area contributed by atoms with E-state index in [4.69, 9.17) is 9.15 Å². The Balaban J connectivity index is 2.27. The first-order valence-corrected chi connectivity index (χ1v) is 4.64. The molecule has 3 rings (SSSR count). The summed E-state index contributed by atoms with van der Waals surface area (Å²) >= 11 is 0. The zero-order valence-electron chi connectivity index (χ0n) is 8.39. The lowest BCUT2D eigenvalue weighted by Gasteiger charge is -1.90. The van der Waals surface area contributed by atoms with Crippen molar-refractivity contribution in [2.24, 2.45) is 0 Å². The summed E-state index contributed by atoms with van der Waals surface area (Å²) in [6, 6.07) is 5.24. The third-order valence-electron chi connectivity index (χ3n) is 2.40. The van der Waals surface area contributed by atoms with E-state index in [1.54, 1.807) is 12.1 Å². The summed E-state index contributed by atoms with van der Waals surface area (Å²) in [5, 5.41) is 1.68. The Kier molecular flexibility index (Phi) is 1.73. The number of aromatic nitrogens is 1. The molecule has 2 heterocycles. The molecule has 1 aromatic carbocycles. The molecule has 0 aliphatic rings. The number of carbonyl (C=O) groups excluding carboxylic acids is 1. The molecule has 3 aromatic rings. The van der Waals surface area contributed by atoms with Crippen LogP contribution in [0.2, 0.25) is 0 Å². The normalized spacial score (nSPS) is 11.1. The van der Waals surface area contributed by atoms with Crippen molar-refractivity contribution in [1.29, 1.82) is 0 Å². The van der Waals surface area contributed by atoms with Crippen LogP contribution in [0.4, 0.5) is 0 Å². The fraction of sp³-hybridized carbons (Fsp3) is 0.0909. The summed E-state index contributed by atoms with van der Waals surface area (Å²) in [5.41, 5.74) is 1.57. The highest BCUT2D eigenvalue weighted by Crippen LogP contribution is 2.24. The first kappa shape index (κ1) is 8.96. The van der Waals surface area contributed by atoms with Crippen molar-refractivity contribution in [1.82, 2.24) is 4.98 Å². The summed E-state index contributed by atoms with van der Waals surface area (Å²) in [7, 11) is 1.33. The molecule has 5 heteroatoms. The van der Waals surface area contributed by atoms with Gasteiger partial charge in [-0.05, 0) is 12.1 Å². The minimum Gasteiger partial charge on any atom is -0.464 e. The summed E-state index contributed by atoms with van der Waals surface area (Å²) in [6.07, 6.45) is 1.50. The Bertz CT molecular complexity index is 631. The fourth-order valence-corrected chi connectivity index (χ4v) is 1.63. The topological polar surface area (TPSA) is 65.5 Å². The van der Waals surface area contributed by atoms with Crippen molar-refractivity contribution in [2.75, 3.05) is 7.11 Å². The second kappa shape index (κ2) is 3.10. The molecule has 0 bridgehead atoms. The third kappa shape index (κ3) is 1.18. The fourth-order valence-electron chi connectivity index (χ4n) is 1.63. The number of rotatable bonds is 1. The van der Waals surface area contributed by atoms with Gasteiger partial charge in [0.1, 0.15) is 5.69 Å². The predicted molar refractivity (Wildman–Crippen MR) is 55.1 cm³/mol. The van der Waals surface area contributed by atoms with Crippen LogP contribution in [-0.2, 0) is 4.74 Å². The highest BCUT2D eigenvalue weighted by molar-refractivity contribution is 5.99. The van der Waals surface area contributed by atoms with Crippen LogP contribution < -0.4 is 0 Å². The van der Waals surface area contributed by atoms with E-state index in [0.29, 0.717) is 16.8 Å². The second-order valence-electron chi connectivity index (χ2n) is 3.38. The molecular weight excluding hydrogens is 210 g/mol. The van der Waals surface area contributed by atoms with Gasteiger partial charge >= 0.3 is 5.97 Å². The number of ether oxygens (including phenoxy) is 1. The maximum absolute atomic E-state index is 11.3. The molecule has 0 aliphatic carbocycles. The van der Waals surface area contributed by atoms with E-state index < -0.39 is 5.97 Å². The van der Waals surface area contributed by atoms with Crippen molar-refractivity contribution in [3.63, 3.8) is 0 Å². The largest absolute Gasteiger partial charge is 0.464 e. The number of benzene rings is 1. The highest BCUT2D eigenvalue weighted by Gasteiger charge is 2.12. The van der Waals surface area contributed by atoms with Gasteiger partial charge < -0.3 is 4.74 Å². The van der Waals surface area contributed by atoms with Gasteiger partial charge in [-0.2, -0.15) is 0 Å². The van der Waals surface area contributed by atoms with Gasteiger partial charge in [-0.3, -0.25) is 9.15 Å². The molecule has 0 amide bonds. The first-order valence-electron chi connectivity index (χ1n) is 4.64. The molecule has 16 heavy (non-hydrogen) atoms. The molecule has 0 unspecified atom stereocenters. The molecule has 0 saturated heterocycles. The molecule has 0 saturated carbocycles. The number of methoxy groups -OCH3 is 1. The van der Waals surface area contributed by atoms with E-state index in [9.17, 15) is 4.79 Å². The summed E-state index contributed by atoms with van der Waals surface area (Å²) in [5.74, 6) is -0.447. The average Bonchev–Trinajstić information content (AvgIpc) is 2.89. The Morgan fingerprint density at radius 2 is 2.19 bits per heavy atom. The summed E-state index contributed by atoms with van der Waals surface area (Å²) in [4.78, 5) is 15.4. The SMILES string of the molecule is COC(=O)c1cc2cc3cooc3cc2n1. The van der Waals surface area contributed by atoms with E-state index in [0.717, 1.165) is 10.8 Å². The van der Waals surface area contributed by atoms with Crippen LogP contribution in [0, 0.1) is 0 Å². The lowest BCUT2D eigenvalue weighted by Crippen LogP contribution is -2.00. The number of hydrogen-bond donors (Lipinski definition) is 0.